The summed E-state index contributed by atoms with van der Waals surface area (Å²) in [7, 11) is 0. The van der Waals surface area contributed by atoms with Gasteiger partial charge in [0.2, 0.25) is 0 Å². The number of phenolic OH excluding ortho intramolecular Hbond substituents is 1. The lowest BCUT2D eigenvalue weighted by molar-refractivity contribution is 0.0748. The normalized spacial score (nSPS) is 16.8. The number of aromatic nitrogens is 2. The van der Waals surface area contributed by atoms with Crippen LogP contribution in [0.2, 0.25) is 5.02 Å². The summed E-state index contributed by atoms with van der Waals surface area (Å²) >= 11 is 6.08. The molecule has 3 heterocycles. The number of amides is 1. The molecule has 1 aromatic heterocycles. The van der Waals surface area contributed by atoms with Gasteiger partial charge in [0.05, 0.1) is 16.8 Å². The molecule has 3 aromatic rings. The topological polar surface area (TPSA) is 72.5 Å². The fraction of sp³-hybridized carbons (Fsp3) is 0.333. The number of aromatic hydroxyl groups is 1. The SMILES string of the molecule is O=C(c1cc2c(CN3CCCC3)n[nH]c2cc1O)N1Cc2ccc(Cl)cc2C1. The predicted molar refractivity (Wildman–Crippen MR) is 107 cm³/mol. The van der Waals surface area contributed by atoms with Crippen LogP contribution in [0.1, 0.15) is 40.0 Å². The Morgan fingerprint density at radius 1 is 1.14 bits per heavy atom. The van der Waals surface area contributed by atoms with Crippen molar-refractivity contribution in [2.45, 2.75) is 32.5 Å². The minimum absolute atomic E-state index is 0.0251. The van der Waals surface area contributed by atoms with Crippen molar-refractivity contribution in [2.24, 2.45) is 0 Å². The first kappa shape index (κ1) is 17.5. The van der Waals surface area contributed by atoms with E-state index in [0.29, 0.717) is 23.7 Å². The molecule has 28 heavy (non-hydrogen) atoms. The molecule has 0 unspecified atom stereocenters. The first-order chi connectivity index (χ1) is 13.6. The van der Waals surface area contributed by atoms with Crippen molar-refractivity contribution < 1.29 is 9.90 Å². The average molecular weight is 397 g/mol. The number of carbonyl (C=O) groups excluding carboxylic acids is 1. The van der Waals surface area contributed by atoms with Crippen molar-refractivity contribution in [3.05, 3.63) is 57.7 Å². The number of nitrogens with one attached hydrogen (secondary N) is 1. The number of carbonyl (C=O) groups is 1. The molecule has 0 aliphatic carbocycles. The lowest BCUT2D eigenvalue weighted by Crippen LogP contribution is -2.25. The highest BCUT2D eigenvalue weighted by molar-refractivity contribution is 6.30. The molecule has 144 valence electrons. The van der Waals surface area contributed by atoms with Gasteiger partial charge in [0, 0.05) is 36.1 Å². The quantitative estimate of drug-likeness (QED) is 0.708. The molecular weight excluding hydrogens is 376 g/mol. The summed E-state index contributed by atoms with van der Waals surface area (Å²) < 4.78 is 0. The second kappa shape index (κ2) is 6.79. The van der Waals surface area contributed by atoms with Crippen LogP contribution in [0.4, 0.5) is 0 Å². The van der Waals surface area contributed by atoms with Crippen LogP contribution >= 0.6 is 11.6 Å². The number of phenols is 1. The second-order valence-electron chi connectivity index (χ2n) is 7.64. The molecular formula is C21H21ClN4O2. The molecule has 0 atom stereocenters. The van der Waals surface area contributed by atoms with E-state index in [9.17, 15) is 9.90 Å². The van der Waals surface area contributed by atoms with E-state index in [1.54, 1.807) is 17.0 Å². The van der Waals surface area contributed by atoms with Gasteiger partial charge >= 0.3 is 0 Å². The van der Waals surface area contributed by atoms with Gasteiger partial charge in [0.15, 0.2) is 0 Å². The first-order valence-electron chi connectivity index (χ1n) is 9.57. The van der Waals surface area contributed by atoms with Crippen LogP contribution < -0.4 is 0 Å². The molecule has 0 spiro atoms. The van der Waals surface area contributed by atoms with Crippen LogP contribution in [0.3, 0.4) is 0 Å². The van der Waals surface area contributed by atoms with Gasteiger partial charge in [-0.25, -0.2) is 0 Å². The number of aromatic amines is 1. The number of benzene rings is 2. The molecule has 1 amide bonds. The Morgan fingerprint density at radius 2 is 1.93 bits per heavy atom. The van der Waals surface area contributed by atoms with Crippen molar-refractivity contribution in [1.29, 1.82) is 0 Å². The van der Waals surface area contributed by atoms with E-state index in [0.717, 1.165) is 47.4 Å². The molecule has 2 aromatic carbocycles. The number of likely N-dealkylation sites (tertiary alicyclic amines) is 1. The van der Waals surface area contributed by atoms with Crippen molar-refractivity contribution in [2.75, 3.05) is 13.1 Å². The third-order valence-electron chi connectivity index (χ3n) is 5.74. The van der Waals surface area contributed by atoms with Crippen LogP contribution in [0.5, 0.6) is 5.75 Å². The number of nitrogens with zero attached hydrogens (tertiary/aromatic N) is 3. The summed E-state index contributed by atoms with van der Waals surface area (Å²) in [4.78, 5) is 17.2. The largest absolute Gasteiger partial charge is 0.507 e. The average Bonchev–Trinajstić information content (AvgIpc) is 3.41. The van der Waals surface area contributed by atoms with E-state index in [4.69, 9.17) is 11.6 Å². The summed E-state index contributed by atoms with van der Waals surface area (Å²) in [6, 6.07) is 9.07. The maximum atomic E-state index is 13.1. The Morgan fingerprint density at radius 3 is 2.75 bits per heavy atom. The monoisotopic (exact) mass is 396 g/mol. The molecule has 2 aliphatic heterocycles. The number of hydrogen-bond acceptors (Lipinski definition) is 4. The van der Waals surface area contributed by atoms with Crippen molar-refractivity contribution >= 4 is 28.4 Å². The zero-order valence-electron chi connectivity index (χ0n) is 15.4. The van der Waals surface area contributed by atoms with Gasteiger partial charge < -0.3 is 10.0 Å². The van der Waals surface area contributed by atoms with E-state index in [1.165, 1.54) is 12.8 Å². The van der Waals surface area contributed by atoms with Crippen molar-refractivity contribution in [1.82, 2.24) is 20.0 Å². The number of H-pyrrole nitrogens is 1. The maximum absolute atomic E-state index is 13.1. The smallest absolute Gasteiger partial charge is 0.258 e. The van der Waals surface area contributed by atoms with Crippen LogP contribution in [-0.2, 0) is 19.6 Å². The summed E-state index contributed by atoms with van der Waals surface area (Å²) in [5.41, 5.74) is 4.13. The van der Waals surface area contributed by atoms with E-state index in [1.807, 2.05) is 18.2 Å². The van der Waals surface area contributed by atoms with Gasteiger partial charge in [0.25, 0.3) is 5.91 Å². The van der Waals surface area contributed by atoms with Crippen LogP contribution in [-0.4, -0.2) is 44.1 Å². The van der Waals surface area contributed by atoms with E-state index >= 15 is 0 Å². The van der Waals surface area contributed by atoms with Crippen molar-refractivity contribution in [3.8, 4) is 5.75 Å². The molecule has 6 nitrogen and oxygen atoms in total. The molecule has 2 N–H and O–H groups in total. The summed E-state index contributed by atoms with van der Waals surface area (Å²) in [6.07, 6.45) is 2.43. The van der Waals surface area contributed by atoms with Crippen LogP contribution in [0, 0.1) is 0 Å². The van der Waals surface area contributed by atoms with E-state index in [-0.39, 0.29) is 11.7 Å². The van der Waals surface area contributed by atoms with Crippen molar-refractivity contribution in [3.63, 3.8) is 0 Å². The lowest BCUT2D eigenvalue weighted by Gasteiger charge is -2.17. The standard InChI is InChI=1S/C21H21ClN4O2/c22-15-4-3-13-10-26(11-14(13)7-15)21(28)17-8-16-18(9-20(17)27)23-24-19(16)12-25-5-1-2-6-25/h3-4,7-9,27H,1-2,5-6,10-12H2,(H,23,24). The Bertz CT molecular complexity index is 1070. The molecule has 7 heteroatoms. The Hall–Kier alpha value is -2.57. The number of halogens is 1. The highest BCUT2D eigenvalue weighted by atomic mass is 35.5. The number of hydrogen-bond donors (Lipinski definition) is 2. The highest BCUT2D eigenvalue weighted by Gasteiger charge is 2.27. The third kappa shape index (κ3) is 3.02. The fourth-order valence-electron chi connectivity index (χ4n) is 4.23. The van der Waals surface area contributed by atoms with Gasteiger partial charge in [0.1, 0.15) is 5.75 Å². The maximum Gasteiger partial charge on any atom is 0.258 e. The predicted octanol–water partition coefficient (Wildman–Crippen LogP) is 3.67. The fourth-order valence-corrected chi connectivity index (χ4v) is 4.42. The summed E-state index contributed by atoms with van der Waals surface area (Å²) in [6.45, 7) is 3.93. The molecule has 1 saturated heterocycles. The molecule has 1 fully saturated rings. The van der Waals surface area contributed by atoms with Gasteiger partial charge in [-0.2, -0.15) is 5.10 Å². The Kier molecular flexibility index (Phi) is 4.25. The molecule has 5 rings (SSSR count). The number of fused-ring (bicyclic) bond motifs is 2. The summed E-state index contributed by atoms with van der Waals surface area (Å²) in [5.74, 6) is -0.206. The molecule has 0 saturated carbocycles. The Labute approximate surface area is 167 Å². The lowest BCUT2D eigenvalue weighted by atomic mass is 10.1. The molecule has 0 bridgehead atoms. The molecule has 0 radical (unpaired) electrons. The van der Waals surface area contributed by atoms with E-state index < -0.39 is 0 Å². The molecule has 2 aliphatic rings. The minimum atomic E-state index is -0.181. The third-order valence-corrected chi connectivity index (χ3v) is 5.97. The van der Waals surface area contributed by atoms with E-state index in [2.05, 4.69) is 15.1 Å². The zero-order valence-corrected chi connectivity index (χ0v) is 16.2. The summed E-state index contributed by atoms with van der Waals surface area (Å²) in [5, 5.41) is 19.4. The Balaban J connectivity index is 1.45. The second-order valence-corrected chi connectivity index (χ2v) is 8.08. The minimum Gasteiger partial charge on any atom is -0.507 e. The van der Waals surface area contributed by atoms with Gasteiger partial charge in [-0.1, -0.05) is 17.7 Å². The van der Waals surface area contributed by atoms with Crippen LogP contribution in [0.15, 0.2) is 30.3 Å². The van der Waals surface area contributed by atoms with Gasteiger partial charge in [-0.05, 0) is 55.3 Å². The van der Waals surface area contributed by atoms with Crippen LogP contribution in [0.25, 0.3) is 10.9 Å². The highest BCUT2D eigenvalue weighted by Crippen LogP contribution is 2.31. The number of rotatable bonds is 3. The van der Waals surface area contributed by atoms with Gasteiger partial charge in [-0.3, -0.25) is 14.8 Å². The zero-order chi connectivity index (χ0) is 19.3. The first-order valence-corrected chi connectivity index (χ1v) is 9.95. The van der Waals surface area contributed by atoms with Gasteiger partial charge in [-0.15, -0.1) is 0 Å².